The molecule has 1 heterocycles. The van der Waals surface area contributed by atoms with Gasteiger partial charge in [-0.2, -0.15) is 0 Å². The minimum absolute atomic E-state index is 0.268. The summed E-state index contributed by atoms with van der Waals surface area (Å²) in [5.74, 6) is -0.124. The van der Waals surface area contributed by atoms with Gasteiger partial charge >= 0.3 is 0 Å². The first kappa shape index (κ1) is 15.9. The van der Waals surface area contributed by atoms with Crippen molar-refractivity contribution in [1.82, 2.24) is 10.5 Å². The van der Waals surface area contributed by atoms with Gasteiger partial charge in [-0.1, -0.05) is 47.6 Å². The lowest BCUT2D eigenvalue weighted by Gasteiger charge is -2.14. The molecular formula is C19H17FN2O2. The maximum atomic E-state index is 13.0. The molecule has 0 spiro atoms. The average molecular weight is 324 g/mol. The number of hydrogen-bond acceptors (Lipinski definition) is 3. The summed E-state index contributed by atoms with van der Waals surface area (Å²) in [6, 6.07) is 15.2. The lowest BCUT2D eigenvalue weighted by molar-refractivity contribution is 0.0939. The molecule has 0 saturated heterocycles. The SMILES string of the molecule is Cc1onc(-c2ccccc2)c1C(=O)NC(C)c1ccc(F)cc1. The van der Waals surface area contributed by atoms with Crippen molar-refractivity contribution in [3.8, 4) is 11.3 Å². The summed E-state index contributed by atoms with van der Waals surface area (Å²) in [6.07, 6.45) is 0. The fraction of sp³-hybridized carbons (Fsp3) is 0.158. The van der Waals surface area contributed by atoms with E-state index in [-0.39, 0.29) is 17.8 Å². The highest BCUT2D eigenvalue weighted by Crippen LogP contribution is 2.25. The molecule has 5 heteroatoms. The van der Waals surface area contributed by atoms with E-state index in [0.29, 0.717) is 17.0 Å². The normalized spacial score (nSPS) is 12.0. The molecule has 1 N–H and O–H groups in total. The van der Waals surface area contributed by atoms with E-state index < -0.39 is 0 Å². The van der Waals surface area contributed by atoms with Crippen molar-refractivity contribution in [3.05, 3.63) is 77.3 Å². The minimum Gasteiger partial charge on any atom is -0.360 e. The number of aromatic nitrogens is 1. The fourth-order valence-electron chi connectivity index (χ4n) is 2.54. The van der Waals surface area contributed by atoms with Crippen molar-refractivity contribution in [2.24, 2.45) is 0 Å². The van der Waals surface area contributed by atoms with E-state index in [1.165, 1.54) is 12.1 Å². The van der Waals surface area contributed by atoms with Crippen LogP contribution < -0.4 is 5.32 Å². The third-order valence-corrected chi connectivity index (χ3v) is 3.85. The molecule has 24 heavy (non-hydrogen) atoms. The third kappa shape index (κ3) is 3.20. The van der Waals surface area contributed by atoms with E-state index in [4.69, 9.17) is 4.52 Å². The number of benzene rings is 2. The van der Waals surface area contributed by atoms with Crippen molar-refractivity contribution in [3.63, 3.8) is 0 Å². The van der Waals surface area contributed by atoms with Gasteiger partial charge in [-0.3, -0.25) is 4.79 Å². The van der Waals surface area contributed by atoms with Gasteiger partial charge in [0.1, 0.15) is 22.8 Å². The molecule has 0 radical (unpaired) electrons. The topological polar surface area (TPSA) is 55.1 Å². The van der Waals surface area contributed by atoms with Gasteiger partial charge in [0.15, 0.2) is 0 Å². The summed E-state index contributed by atoms with van der Waals surface area (Å²) in [5.41, 5.74) is 2.56. The Kier molecular flexibility index (Phi) is 4.42. The van der Waals surface area contributed by atoms with Crippen LogP contribution in [0.2, 0.25) is 0 Å². The zero-order valence-corrected chi connectivity index (χ0v) is 13.4. The van der Waals surface area contributed by atoms with Crippen LogP contribution in [-0.2, 0) is 0 Å². The Morgan fingerprint density at radius 2 is 1.79 bits per heavy atom. The molecule has 1 unspecified atom stereocenters. The highest BCUT2D eigenvalue weighted by molar-refractivity contribution is 6.00. The van der Waals surface area contributed by atoms with Gasteiger partial charge in [0.2, 0.25) is 0 Å². The van der Waals surface area contributed by atoms with Crippen LogP contribution in [0, 0.1) is 12.7 Å². The van der Waals surface area contributed by atoms with E-state index in [9.17, 15) is 9.18 Å². The molecule has 0 aliphatic rings. The predicted molar refractivity (Wildman–Crippen MR) is 89.0 cm³/mol. The first-order valence-corrected chi connectivity index (χ1v) is 7.64. The van der Waals surface area contributed by atoms with E-state index in [2.05, 4.69) is 10.5 Å². The monoisotopic (exact) mass is 324 g/mol. The lowest BCUT2D eigenvalue weighted by Crippen LogP contribution is -2.27. The van der Waals surface area contributed by atoms with Crippen LogP contribution in [0.5, 0.6) is 0 Å². The molecule has 0 bridgehead atoms. The maximum Gasteiger partial charge on any atom is 0.257 e. The van der Waals surface area contributed by atoms with Crippen LogP contribution in [-0.4, -0.2) is 11.1 Å². The number of carbonyl (C=O) groups excluding carboxylic acids is 1. The average Bonchev–Trinajstić information content (AvgIpc) is 2.98. The molecule has 0 saturated carbocycles. The van der Waals surface area contributed by atoms with Crippen molar-refractivity contribution < 1.29 is 13.7 Å². The number of nitrogens with zero attached hydrogens (tertiary/aromatic N) is 1. The quantitative estimate of drug-likeness (QED) is 0.779. The first-order chi connectivity index (χ1) is 11.6. The number of hydrogen-bond donors (Lipinski definition) is 1. The Balaban J connectivity index is 1.85. The van der Waals surface area contributed by atoms with Gasteiger partial charge < -0.3 is 9.84 Å². The molecule has 1 amide bonds. The molecule has 1 atom stereocenters. The predicted octanol–water partition coefficient (Wildman–Crippen LogP) is 4.28. The summed E-state index contributed by atoms with van der Waals surface area (Å²) < 4.78 is 18.2. The third-order valence-electron chi connectivity index (χ3n) is 3.85. The first-order valence-electron chi connectivity index (χ1n) is 7.64. The maximum absolute atomic E-state index is 13.0. The number of amides is 1. The molecule has 2 aromatic carbocycles. The Bertz CT molecular complexity index is 842. The molecular weight excluding hydrogens is 307 g/mol. The summed E-state index contributed by atoms with van der Waals surface area (Å²) in [7, 11) is 0. The zero-order chi connectivity index (χ0) is 17.1. The number of aryl methyl sites for hydroxylation is 1. The second-order valence-electron chi connectivity index (χ2n) is 5.58. The highest BCUT2D eigenvalue weighted by atomic mass is 19.1. The van der Waals surface area contributed by atoms with E-state index >= 15 is 0 Å². The Morgan fingerprint density at radius 1 is 1.12 bits per heavy atom. The number of carbonyl (C=O) groups is 1. The van der Waals surface area contributed by atoms with Gasteiger partial charge in [-0.15, -0.1) is 0 Å². The van der Waals surface area contributed by atoms with Crippen LogP contribution >= 0.6 is 0 Å². The zero-order valence-electron chi connectivity index (χ0n) is 13.4. The molecule has 0 aliphatic carbocycles. The summed E-state index contributed by atoms with van der Waals surface area (Å²) in [6.45, 7) is 3.55. The molecule has 1 aromatic heterocycles. The summed E-state index contributed by atoms with van der Waals surface area (Å²) in [4.78, 5) is 12.7. The molecule has 3 rings (SSSR count). The van der Waals surface area contributed by atoms with Crippen molar-refractivity contribution >= 4 is 5.91 Å². The van der Waals surface area contributed by atoms with Crippen LogP contribution in [0.1, 0.15) is 34.6 Å². The van der Waals surface area contributed by atoms with Gasteiger partial charge in [-0.25, -0.2) is 4.39 Å². The Hall–Kier alpha value is -2.95. The second kappa shape index (κ2) is 6.66. The van der Waals surface area contributed by atoms with Crippen LogP contribution in [0.25, 0.3) is 11.3 Å². The second-order valence-corrected chi connectivity index (χ2v) is 5.58. The van der Waals surface area contributed by atoms with Crippen LogP contribution in [0.3, 0.4) is 0 Å². The molecule has 4 nitrogen and oxygen atoms in total. The van der Waals surface area contributed by atoms with Crippen molar-refractivity contribution in [2.45, 2.75) is 19.9 Å². The van der Waals surface area contributed by atoms with Crippen LogP contribution in [0.15, 0.2) is 59.1 Å². The van der Waals surface area contributed by atoms with Gasteiger partial charge in [0, 0.05) is 5.56 Å². The highest BCUT2D eigenvalue weighted by Gasteiger charge is 2.22. The minimum atomic E-state index is -0.307. The standard InChI is InChI=1S/C19H17FN2O2/c1-12(14-8-10-16(20)11-9-14)21-19(23)17-13(2)24-22-18(17)15-6-4-3-5-7-15/h3-12H,1-2H3,(H,21,23). The lowest BCUT2D eigenvalue weighted by atomic mass is 10.0. The molecule has 0 aliphatic heterocycles. The smallest absolute Gasteiger partial charge is 0.257 e. The van der Waals surface area contributed by atoms with Crippen LogP contribution in [0.4, 0.5) is 4.39 Å². The Labute approximate surface area is 139 Å². The summed E-state index contributed by atoms with van der Waals surface area (Å²) in [5, 5.41) is 6.92. The number of nitrogens with one attached hydrogen (secondary N) is 1. The van der Waals surface area contributed by atoms with E-state index in [0.717, 1.165) is 11.1 Å². The van der Waals surface area contributed by atoms with E-state index in [1.54, 1.807) is 19.1 Å². The van der Waals surface area contributed by atoms with E-state index in [1.807, 2.05) is 37.3 Å². The van der Waals surface area contributed by atoms with Gasteiger partial charge in [0.05, 0.1) is 6.04 Å². The molecule has 122 valence electrons. The van der Waals surface area contributed by atoms with Crippen molar-refractivity contribution in [1.29, 1.82) is 0 Å². The fourth-order valence-corrected chi connectivity index (χ4v) is 2.54. The molecule has 3 aromatic rings. The van der Waals surface area contributed by atoms with Crippen molar-refractivity contribution in [2.75, 3.05) is 0 Å². The van der Waals surface area contributed by atoms with Gasteiger partial charge in [0.25, 0.3) is 5.91 Å². The molecule has 0 fully saturated rings. The number of rotatable bonds is 4. The Morgan fingerprint density at radius 3 is 2.46 bits per heavy atom. The van der Waals surface area contributed by atoms with Gasteiger partial charge in [-0.05, 0) is 31.5 Å². The summed E-state index contributed by atoms with van der Waals surface area (Å²) >= 11 is 0. The number of halogens is 1. The largest absolute Gasteiger partial charge is 0.360 e.